The molecule has 3 atom stereocenters. The van der Waals surface area contributed by atoms with Crippen molar-refractivity contribution in [3.63, 3.8) is 0 Å². The fourth-order valence-corrected chi connectivity index (χ4v) is 4.26. The molecule has 5 heteroatoms. The lowest BCUT2D eigenvalue weighted by molar-refractivity contribution is -0.150. The van der Waals surface area contributed by atoms with Crippen molar-refractivity contribution < 1.29 is 14.6 Å². The number of esters is 1. The minimum absolute atomic E-state index is 0.0906. The van der Waals surface area contributed by atoms with Gasteiger partial charge in [-0.05, 0) is 55.6 Å². The fraction of sp³-hybridized carbons (Fsp3) is 0.938. The van der Waals surface area contributed by atoms with E-state index in [1.54, 1.807) is 0 Å². The summed E-state index contributed by atoms with van der Waals surface area (Å²) in [7, 11) is 1.49. The van der Waals surface area contributed by atoms with E-state index in [4.69, 9.17) is 9.84 Å². The monoisotopic (exact) mass is 317 g/mol. The Morgan fingerprint density at radius 3 is 2.95 bits per heavy atom. The summed E-state index contributed by atoms with van der Waals surface area (Å²) in [5.74, 6) is 2.65. The van der Waals surface area contributed by atoms with Crippen molar-refractivity contribution in [3.8, 4) is 0 Å². The third kappa shape index (κ3) is 5.15. The second kappa shape index (κ2) is 9.70. The van der Waals surface area contributed by atoms with Gasteiger partial charge in [0.15, 0.2) is 0 Å². The molecule has 1 rings (SSSR count). The lowest BCUT2D eigenvalue weighted by Gasteiger charge is -2.34. The molecule has 0 bridgehead atoms. The molecule has 0 radical (unpaired) electrons. The van der Waals surface area contributed by atoms with Crippen molar-refractivity contribution in [1.29, 1.82) is 0 Å². The molecule has 0 aromatic carbocycles. The zero-order valence-electron chi connectivity index (χ0n) is 13.7. The van der Waals surface area contributed by atoms with Gasteiger partial charge >= 0.3 is 5.97 Å². The zero-order valence-corrected chi connectivity index (χ0v) is 14.5. The Balaban J connectivity index is 2.54. The number of hydrogen-bond acceptors (Lipinski definition) is 5. The number of aliphatic hydroxyl groups is 1. The summed E-state index contributed by atoms with van der Waals surface area (Å²) in [6.07, 6.45) is 5.14. The van der Waals surface area contributed by atoms with Gasteiger partial charge in [0.05, 0.1) is 7.11 Å². The first-order chi connectivity index (χ1) is 10.1. The molecule has 1 aliphatic carbocycles. The van der Waals surface area contributed by atoms with E-state index in [0.29, 0.717) is 11.8 Å². The summed E-state index contributed by atoms with van der Waals surface area (Å²) in [4.78, 5) is 12.3. The van der Waals surface area contributed by atoms with Gasteiger partial charge in [-0.25, -0.2) is 0 Å². The maximum Gasteiger partial charge on any atom is 0.326 e. The minimum atomic E-state index is -0.464. The normalized spacial score (nSPS) is 26.8. The van der Waals surface area contributed by atoms with Gasteiger partial charge in [-0.15, -0.1) is 0 Å². The first-order valence-electron chi connectivity index (χ1n) is 8.12. The smallest absolute Gasteiger partial charge is 0.326 e. The Morgan fingerprint density at radius 2 is 2.33 bits per heavy atom. The van der Waals surface area contributed by atoms with E-state index in [1.165, 1.54) is 7.11 Å². The van der Waals surface area contributed by atoms with Crippen molar-refractivity contribution in [1.82, 2.24) is 5.32 Å². The van der Waals surface area contributed by atoms with E-state index in [-0.39, 0.29) is 12.6 Å². The van der Waals surface area contributed by atoms with Gasteiger partial charge in [0, 0.05) is 6.61 Å². The van der Waals surface area contributed by atoms with Crippen molar-refractivity contribution in [2.45, 2.75) is 51.5 Å². The summed E-state index contributed by atoms with van der Waals surface area (Å²) < 4.78 is 5.09. The van der Waals surface area contributed by atoms with Crippen LogP contribution in [0.3, 0.4) is 0 Å². The summed E-state index contributed by atoms with van der Waals surface area (Å²) in [6, 6.07) is 0. The summed E-state index contributed by atoms with van der Waals surface area (Å²) in [5, 5.41) is 12.5. The molecule has 4 nitrogen and oxygen atoms in total. The molecule has 1 saturated carbocycles. The van der Waals surface area contributed by atoms with Crippen molar-refractivity contribution in [3.05, 3.63) is 0 Å². The van der Waals surface area contributed by atoms with Gasteiger partial charge in [-0.2, -0.15) is 11.8 Å². The van der Waals surface area contributed by atoms with Gasteiger partial charge in [0.2, 0.25) is 0 Å². The van der Waals surface area contributed by atoms with Crippen LogP contribution in [0.5, 0.6) is 0 Å². The molecule has 0 aromatic rings. The molecular weight excluding hydrogens is 286 g/mol. The number of carbonyl (C=O) groups excluding carboxylic acids is 1. The zero-order chi connectivity index (χ0) is 15.7. The highest BCUT2D eigenvalue weighted by Gasteiger charge is 2.48. The number of aliphatic hydroxyl groups excluding tert-OH is 1. The first kappa shape index (κ1) is 18.8. The third-order valence-corrected chi connectivity index (χ3v) is 5.71. The molecule has 0 amide bonds. The number of ether oxygens (including phenoxy) is 1. The second-order valence-electron chi connectivity index (χ2n) is 6.13. The average Bonchev–Trinajstić information content (AvgIpc) is 2.92. The summed E-state index contributed by atoms with van der Waals surface area (Å²) in [6.45, 7) is 5.29. The highest BCUT2D eigenvalue weighted by molar-refractivity contribution is 7.99. The van der Waals surface area contributed by atoms with Crippen molar-refractivity contribution in [2.24, 2.45) is 11.8 Å². The van der Waals surface area contributed by atoms with Crippen LogP contribution in [0.4, 0.5) is 0 Å². The van der Waals surface area contributed by atoms with Crippen LogP contribution in [0, 0.1) is 11.8 Å². The van der Waals surface area contributed by atoms with Crippen LogP contribution in [-0.2, 0) is 9.53 Å². The van der Waals surface area contributed by atoms with E-state index >= 15 is 0 Å². The molecule has 0 spiro atoms. The van der Waals surface area contributed by atoms with Crippen LogP contribution in [0.15, 0.2) is 0 Å². The Labute approximate surface area is 133 Å². The molecule has 2 N–H and O–H groups in total. The van der Waals surface area contributed by atoms with Gasteiger partial charge in [0.25, 0.3) is 0 Å². The van der Waals surface area contributed by atoms with Crippen LogP contribution in [-0.4, -0.2) is 48.4 Å². The molecule has 0 saturated heterocycles. The van der Waals surface area contributed by atoms with Gasteiger partial charge < -0.3 is 15.2 Å². The SMILES string of the molecule is CCCNC1(C(=O)OC)CCCC1CCSCC(C)CO. The number of rotatable bonds is 10. The Morgan fingerprint density at radius 1 is 1.57 bits per heavy atom. The molecule has 21 heavy (non-hydrogen) atoms. The molecule has 0 heterocycles. The van der Waals surface area contributed by atoms with Crippen LogP contribution < -0.4 is 5.32 Å². The molecule has 124 valence electrons. The van der Waals surface area contributed by atoms with Gasteiger partial charge in [0.1, 0.15) is 5.54 Å². The summed E-state index contributed by atoms with van der Waals surface area (Å²) in [5.41, 5.74) is -0.464. The lowest BCUT2D eigenvalue weighted by Crippen LogP contribution is -2.55. The van der Waals surface area contributed by atoms with Crippen LogP contribution >= 0.6 is 11.8 Å². The van der Waals surface area contributed by atoms with Gasteiger partial charge in [-0.3, -0.25) is 4.79 Å². The Bertz CT molecular complexity index is 314. The molecule has 0 aromatic heterocycles. The van der Waals surface area contributed by atoms with Gasteiger partial charge in [-0.1, -0.05) is 20.3 Å². The third-order valence-electron chi connectivity index (χ3n) is 4.39. The van der Waals surface area contributed by atoms with E-state index in [9.17, 15) is 4.79 Å². The van der Waals surface area contributed by atoms with Crippen LogP contribution in [0.2, 0.25) is 0 Å². The number of carbonyl (C=O) groups is 1. The largest absolute Gasteiger partial charge is 0.468 e. The Hall–Kier alpha value is -0.260. The number of methoxy groups -OCH3 is 1. The standard InChI is InChI=1S/C16H31NO3S/c1-4-9-17-16(15(19)20-3)8-5-6-14(16)7-10-21-12-13(2)11-18/h13-14,17-18H,4-12H2,1-3H3. The molecule has 0 aliphatic heterocycles. The van der Waals surface area contributed by atoms with E-state index < -0.39 is 5.54 Å². The number of nitrogens with one attached hydrogen (secondary N) is 1. The first-order valence-corrected chi connectivity index (χ1v) is 9.28. The van der Waals surface area contributed by atoms with E-state index in [1.807, 2.05) is 11.8 Å². The van der Waals surface area contributed by atoms with Crippen molar-refractivity contribution >= 4 is 17.7 Å². The summed E-state index contributed by atoms with van der Waals surface area (Å²) >= 11 is 1.88. The van der Waals surface area contributed by atoms with Crippen LogP contribution in [0.1, 0.15) is 46.0 Å². The minimum Gasteiger partial charge on any atom is -0.468 e. The number of hydrogen-bond donors (Lipinski definition) is 2. The molecule has 3 unspecified atom stereocenters. The maximum absolute atomic E-state index is 12.3. The van der Waals surface area contributed by atoms with E-state index in [2.05, 4.69) is 19.2 Å². The topological polar surface area (TPSA) is 58.6 Å². The molecule has 1 fully saturated rings. The fourth-order valence-electron chi connectivity index (χ4n) is 3.14. The predicted octanol–water partition coefficient (Wildman–Crippen LogP) is 2.45. The average molecular weight is 317 g/mol. The number of thioether (sulfide) groups is 1. The molecular formula is C16H31NO3S. The van der Waals surface area contributed by atoms with E-state index in [0.717, 1.165) is 50.2 Å². The second-order valence-corrected chi connectivity index (χ2v) is 7.28. The highest BCUT2D eigenvalue weighted by atomic mass is 32.2. The van der Waals surface area contributed by atoms with Crippen molar-refractivity contribution in [2.75, 3.05) is 31.8 Å². The quantitative estimate of drug-likeness (QED) is 0.479. The predicted molar refractivity (Wildman–Crippen MR) is 88.6 cm³/mol. The Kier molecular flexibility index (Phi) is 8.67. The molecule has 1 aliphatic rings. The lowest BCUT2D eigenvalue weighted by atomic mass is 9.85. The maximum atomic E-state index is 12.3. The highest BCUT2D eigenvalue weighted by Crippen LogP contribution is 2.39. The van der Waals surface area contributed by atoms with Crippen LogP contribution in [0.25, 0.3) is 0 Å².